The van der Waals surface area contributed by atoms with Gasteiger partial charge in [0, 0.05) is 5.69 Å². The minimum Gasteiger partial charge on any atom is -0.480 e. The first-order valence-electron chi connectivity index (χ1n) is 6.84. The van der Waals surface area contributed by atoms with Gasteiger partial charge in [0.2, 0.25) is 0 Å². The van der Waals surface area contributed by atoms with Crippen LogP contribution in [-0.4, -0.2) is 17.1 Å². The molecule has 0 bridgehead atoms. The summed E-state index contributed by atoms with van der Waals surface area (Å²) in [7, 11) is 0. The molecule has 2 aromatic rings. The number of anilines is 1. The highest BCUT2D eigenvalue weighted by Crippen LogP contribution is 2.12. The molecule has 3 nitrogen and oxygen atoms in total. The Labute approximate surface area is 119 Å². The fourth-order valence-corrected chi connectivity index (χ4v) is 2.15. The summed E-state index contributed by atoms with van der Waals surface area (Å²) in [5, 5.41) is 12.3. The Morgan fingerprint density at radius 1 is 1.00 bits per heavy atom. The monoisotopic (exact) mass is 269 g/mol. The predicted molar refractivity (Wildman–Crippen MR) is 80.9 cm³/mol. The van der Waals surface area contributed by atoms with E-state index < -0.39 is 12.0 Å². The molecular weight excluding hydrogens is 250 g/mol. The minimum atomic E-state index is -0.804. The Morgan fingerprint density at radius 3 is 2.20 bits per heavy atom. The van der Waals surface area contributed by atoms with Crippen molar-refractivity contribution in [2.45, 2.75) is 25.3 Å². The molecule has 1 unspecified atom stereocenters. The van der Waals surface area contributed by atoms with Crippen molar-refractivity contribution in [3.8, 4) is 0 Å². The molecule has 3 heteroatoms. The Balaban J connectivity index is 1.85. The predicted octanol–water partition coefficient (Wildman–Crippen LogP) is 3.57. The highest BCUT2D eigenvalue weighted by molar-refractivity contribution is 5.77. The lowest BCUT2D eigenvalue weighted by Gasteiger charge is -2.15. The molecule has 0 heterocycles. The Kier molecular flexibility index (Phi) is 5.18. The van der Waals surface area contributed by atoms with E-state index in [4.69, 9.17) is 0 Å². The van der Waals surface area contributed by atoms with Gasteiger partial charge in [0.25, 0.3) is 0 Å². The summed E-state index contributed by atoms with van der Waals surface area (Å²) < 4.78 is 0. The van der Waals surface area contributed by atoms with Crippen molar-refractivity contribution in [2.24, 2.45) is 0 Å². The van der Waals surface area contributed by atoms with Crippen LogP contribution in [0.25, 0.3) is 0 Å². The number of carboxylic acids is 1. The van der Waals surface area contributed by atoms with Gasteiger partial charge in [0.15, 0.2) is 0 Å². The third-order valence-corrected chi connectivity index (χ3v) is 3.21. The first-order chi connectivity index (χ1) is 9.75. The standard InChI is InChI=1S/C17H19NO2/c19-17(20)16(18-15-11-5-2-6-12-15)13-7-10-14-8-3-1-4-9-14/h1-6,8-9,11-12,16,18H,7,10,13H2,(H,19,20). The van der Waals surface area contributed by atoms with E-state index in [2.05, 4.69) is 17.4 Å². The van der Waals surface area contributed by atoms with Crippen LogP contribution in [0.2, 0.25) is 0 Å². The maximum atomic E-state index is 11.3. The van der Waals surface area contributed by atoms with Gasteiger partial charge in [0.1, 0.15) is 6.04 Å². The fraction of sp³-hybridized carbons (Fsp3) is 0.235. The van der Waals surface area contributed by atoms with E-state index in [0.717, 1.165) is 18.5 Å². The average Bonchev–Trinajstić information content (AvgIpc) is 2.48. The molecule has 0 aromatic heterocycles. The van der Waals surface area contributed by atoms with Crippen molar-refractivity contribution in [1.82, 2.24) is 0 Å². The van der Waals surface area contributed by atoms with Crippen LogP contribution in [0.1, 0.15) is 18.4 Å². The second-order valence-electron chi connectivity index (χ2n) is 4.78. The first-order valence-corrected chi connectivity index (χ1v) is 6.84. The van der Waals surface area contributed by atoms with Gasteiger partial charge in [-0.25, -0.2) is 4.79 Å². The molecule has 0 spiro atoms. The summed E-state index contributed by atoms with van der Waals surface area (Å²) in [4.78, 5) is 11.3. The lowest BCUT2D eigenvalue weighted by Crippen LogP contribution is -2.29. The third kappa shape index (κ3) is 4.43. The number of nitrogens with one attached hydrogen (secondary N) is 1. The van der Waals surface area contributed by atoms with Crippen LogP contribution in [0.15, 0.2) is 60.7 Å². The largest absolute Gasteiger partial charge is 0.480 e. The van der Waals surface area contributed by atoms with Crippen LogP contribution in [-0.2, 0) is 11.2 Å². The van der Waals surface area contributed by atoms with E-state index in [0.29, 0.717) is 6.42 Å². The minimum absolute atomic E-state index is 0.541. The molecule has 0 amide bonds. The molecule has 2 rings (SSSR count). The van der Waals surface area contributed by atoms with Crippen LogP contribution >= 0.6 is 0 Å². The third-order valence-electron chi connectivity index (χ3n) is 3.21. The number of hydrogen-bond acceptors (Lipinski definition) is 2. The quantitative estimate of drug-likeness (QED) is 0.807. The summed E-state index contributed by atoms with van der Waals surface area (Å²) >= 11 is 0. The summed E-state index contributed by atoms with van der Waals surface area (Å²) in [6, 6.07) is 19.1. The Morgan fingerprint density at radius 2 is 1.60 bits per heavy atom. The van der Waals surface area contributed by atoms with Crippen LogP contribution in [0.4, 0.5) is 5.69 Å². The second kappa shape index (κ2) is 7.34. The first kappa shape index (κ1) is 14.1. The number of carbonyl (C=O) groups is 1. The van der Waals surface area contributed by atoms with E-state index >= 15 is 0 Å². The van der Waals surface area contributed by atoms with Crippen LogP contribution in [0.3, 0.4) is 0 Å². The molecule has 2 aromatic carbocycles. The average molecular weight is 269 g/mol. The number of aliphatic carboxylic acids is 1. The van der Waals surface area contributed by atoms with Crippen molar-refractivity contribution in [1.29, 1.82) is 0 Å². The fourth-order valence-electron chi connectivity index (χ4n) is 2.15. The maximum Gasteiger partial charge on any atom is 0.326 e. The number of benzene rings is 2. The zero-order chi connectivity index (χ0) is 14.2. The Hall–Kier alpha value is -2.29. The van der Waals surface area contributed by atoms with Gasteiger partial charge < -0.3 is 10.4 Å². The number of carboxylic acid groups (broad SMARTS) is 1. The molecule has 1 atom stereocenters. The number of hydrogen-bond donors (Lipinski definition) is 2. The van der Waals surface area contributed by atoms with E-state index in [-0.39, 0.29) is 0 Å². The number of para-hydroxylation sites is 1. The van der Waals surface area contributed by atoms with Crippen molar-refractivity contribution in [3.63, 3.8) is 0 Å². The zero-order valence-corrected chi connectivity index (χ0v) is 11.3. The normalized spacial score (nSPS) is 11.8. The van der Waals surface area contributed by atoms with Crippen molar-refractivity contribution in [2.75, 3.05) is 5.32 Å². The van der Waals surface area contributed by atoms with Gasteiger partial charge in [-0.3, -0.25) is 0 Å². The van der Waals surface area contributed by atoms with Crippen LogP contribution < -0.4 is 5.32 Å². The highest BCUT2D eigenvalue weighted by Gasteiger charge is 2.16. The van der Waals surface area contributed by atoms with E-state index in [1.165, 1.54) is 5.56 Å². The Bertz CT molecular complexity index is 525. The zero-order valence-electron chi connectivity index (χ0n) is 11.3. The molecule has 0 saturated carbocycles. The topological polar surface area (TPSA) is 49.3 Å². The van der Waals surface area contributed by atoms with E-state index in [9.17, 15) is 9.90 Å². The lowest BCUT2D eigenvalue weighted by molar-refractivity contribution is -0.138. The van der Waals surface area contributed by atoms with Crippen LogP contribution in [0, 0.1) is 0 Å². The molecular formula is C17H19NO2. The molecule has 0 aliphatic carbocycles. The van der Waals surface area contributed by atoms with Crippen molar-refractivity contribution in [3.05, 3.63) is 66.2 Å². The van der Waals surface area contributed by atoms with Gasteiger partial charge in [0.05, 0.1) is 0 Å². The van der Waals surface area contributed by atoms with Gasteiger partial charge in [-0.15, -0.1) is 0 Å². The van der Waals surface area contributed by atoms with E-state index in [1.54, 1.807) is 0 Å². The van der Waals surface area contributed by atoms with Gasteiger partial charge >= 0.3 is 5.97 Å². The van der Waals surface area contributed by atoms with Gasteiger partial charge in [-0.05, 0) is 37.0 Å². The molecule has 0 fully saturated rings. The highest BCUT2D eigenvalue weighted by atomic mass is 16.4. The molecule has 0 saturated heterocycles. The lowest BCUT2D eigenvalue weighted by atomic mass is 10.0. The molecule has 2 N–H and O–H groups in total. The number of aryl methyl sites for hydroxylation is 1. The molecule has 20 heavy (non-hydrogen) atoms. The SMILES string of the molecule is O=C(O)C(CCCc1ccccc1)Nc1ccccc1. The molecule has 0 aliphatic rings. The summed E-state index contributed by atoms with van der Waals surface area (Å²) in [5.74, 6) is -0.804. The van der Waals surface area contributed by atoms with Gasteiger partial charge in [-0.2, -0.15) is 0 Å². The van der Waals surface area contributed by atoms with Gasteiger partial charge in [-0.1, -0.05) is 48.5 Å². The summed E-state index contributed by atoms with van der Waals surface area (Å²) in [6.45, 7) is 0. The summed E-state index contributed by atoms with van der Waals surface area (Å²) in [5.41, 5.74) is 2.09. The van der Waals surface area contributed by atoms with Crippen molar-refractivity contribution < 1.29 is 9.90 Å². The van der Waals surface area contributed by atoms with Crippen LogP contribution in [0.5, 0.6) is 0 Å². The molecule has 0 radical (unpaired) electrons. The maximum absolute atomic E-state index is 11.3. The number of rotatable bonds is 7. The molecule has 104 valence electrons. The van der Waals surface area contributed by atoms with Crippen molar-refractivity contribution >= 4 is 11.7 Å². The smallest absolute Gasteiger partial charge is 0.326 e. The van der Waals surface area contributed by atoms with E-state index in [1.807, 2.05) is 48.5 Å². The molecule has 0 aliphatic heterocycles. The summed E-state index contributed by atoms with van der Waals surface area (Å²) in [6.07, 6.45) is 2.36. The second-order valence-corrected chi connectivity index (χ2v) is 4.78.